The Balaban J connectivity index is 1.81. The predicted molar refractivity (Wildman–Crippen MR) is 97.5 cm³/mol. The number of ether oxygens (including phenoxy) is 1. The lowest BCUT2D eigenvalue weighted by atomic mass is 10.1. The van der Waals surface area contributed by atoms with Gasteiger partial charge in [-0.1, -0.05) is 31.2 Å². The van der Waals surface area contributed by atoms with Crippen LogP contribution in [-0.4, -0.2) is 33.2 Å². The van der Waals surface area contributed by atoms with Gasteiger partial charge in [-0.2, -0.15) is 0 Å². The Bertz CT molecular complexity index is 878. The second-order valence-electron chi connectivity index (χ2n) is 5.91. The monoisotopic (exact) mass is 360 g/mol. The van der Waals surface area contributed by atoms with Gasteiger partial charge in [0.15, 0.2) is 6.10 Å². The van der Waals surface area contributed by atoms with Gasteiger partial charge in [0.1, 0.15) is 5.75 Å². The zero-order valence-corrected chi connectivity index (χ0v) is 14.9. The molecule has 1 amide bonds. The van der Waals surface area contributed by atoms with Crippen molar-refractivity contribution in [2.45, 2.75) is 19.4 Å². The van der Waals surface area contributed by atoms with Crippen LogP contribution in [-0.2, 0) is 21.2 Å². The number of nitrogens with one attached hydrogen (secondary N) is 1. The van der Waals surface area contributed by atoms with Crippen molar-refractivity contribution < 1.29 is 17.9 Å². The number of amides is 1. The number of hydrogen-bond acceptors (Lipinski definition) is 4. The molecule has 0 aromatic heterocycles. The van der Waals surface area contributed by atoms with E-state index < -0.39 is 16.1 Å². The van der Waals surface area contributed by atoms with Gasteiger partial charge in [0.2, 0.25) is 10.0 Å². The molecule has 132 valence electrons. The molecule has 3 rings (SSSR count). The first-order valence-corrected chi connectivity index (χ1v) is 9.86. The first kappa shape index (κ1) is 17.3. The van der Waals surface area contributed by atoms with Crippen molar-refractivity contribution in [3.05, 3.63) is 54.1 Å². The van der Waals surface area contributed by atoms with E-state index in [1.54, 1.807) is 24.3 Å². The summed E-state index contributed by atoms with van der Waals surface area (Å²) in [5, 5.41) is 2.78. The molecule has 25 heavy (non-hydrogen) atoms. The van der Waals surface area contributed by atoms with E-state index in [1.165, 1.54) is 9.87 Å². The lowest BCUT2D eigenvalue weighted by molar-refractivity contribution is -0.122. The molecule has 1 aliphatic rings. The number of rotatable bonds is 4. The first-order valence-electron chi connectivity index (χ1n) is 8.01. The fourth-order valence-electron chi connectivity index (χ4n) is 2.70. The average Bonchev–Trinajstić information content (AvgIpc) is 2.60. The van der Waals surface area contributed by atoms with Crippen molar-refractivity contribution in [3.63, 3.8) is 0 Å². The van der Waals surface area contributed by atoms with Gasteiger partial charge in [-0.25, -0.2) is 8.42 Å². The van der Waals surface area contributed by atoms with Gasteiger partial charge < -0.3 is 10.1 Å². The summed E-state index contributed by atoms with van der Waals surface area (Å²) in [7, 11) is -3.51. The molecule has 1 heterocycles. The zero-order valence-electron chi connectivity index (χ0n) is 14.1. The smallest absolute Gasteiger partial charge is 0.267 e. The number of fused-ring (bicyclic) bond motifs is 1. The molecule has 0 bridgehead atoms. The highest BCUT2D eigenvalue weighted by atomic mass is 32.2. The van der Waals surface area contributed by atoms with Crippen molar-refractivity contribution >= 4 is 27.3 Å². The summed E-state index contributed by atoms with van der Waals surface area (Å²) in [5.41, 5.74) is 2.26. The molecule has 1 atom stereocenters. The number of hydrogen-bond donors (Lipinski definition) is 1. The molecule has 0 unspecified atom stereocenters. The van der Waals surface area contributed by atoms with Crippen LogP contribution in [0.25, 0.3) is 0 Å². The van der Waals surface area contributed by atoms with Crippen molar-refractivity contribution in [2.24, 2.45) is 0 Å². The molecule has 0 fully saturated rings. The Morgan fingerprint density at radius 3 is 2.52 bits per heavy atom. The molecule has 0 aliphatic carbocycles. The first-order chi connectivity index (χ1) is 11.9. The van der Waals surface area contributed by atoms with Crippen LogP contribution >= 0.6 is 0 Å². The Hall–Kier alpha value is -2.54. The van der Waals surface area contributed by atoms with E-state index in [4.69, 9.17) is 4.74 Å². The third-order valence-corrected chi connectivity index (χ3v) is 5.20. The minimum absolute atomic E-state index is 0.0608. The molecule has 2 aromatic carbocycles. The normalized spacial score (nSPS) is 16.7. The third kappa shape index (κ3) is 3.76. The minimum atomic E-state index is -3.51. The van der Waals surface area contributed by atoms with Crippen LogP contribution in [0.3, 0.4) is 0 Å². The molecule has 0 spiro atoms. The molecule has 0 saturated heterocycles. The number of sulfonamides is 1. The van der Waals surface area contributed by atoms with E-state index >= 15 is 0 Å². The Morgan fingerprint density at radius 1 is 1.20 bits per heavy atom. The largest absolute Gasteiger partial charge is 0.476 e. The third-order valence-electron chi connectivity index (χ3n) is 4.06. The summed E-state index contributed by atoms with van der Waals surface area (Å²) in [5.74, 6) is -0.00643. The van der Waals surface area contributed by atoms with Crippen molar-refractivity contribution in [2.75, 3.05) is 22.4 Å². The van der Waals surface area contributed by atoms with Gasteiger partial charge in [0, 0.05) is 5.69 Å². The fourth-order valence-corrected chi connectivity index (χ4v) is 3.61. The van der Waals surface area contributed by atoms with Crippen molar-refractivity contribution in [1.29, 1.82) is 0 Å². The number of nitrogens with zero attached hydrogens (tertiary/aromatic N) is 1. The quantitative estimate of drug-likeness (QED) is 0.908. The van der Waals surface area contributed by atoms with Gasteiger partial charge in [-0.15, -0.1) is 0 Å². The van der Waals surface area contributed by atoms with Crippen LogP contribution in [0.15, 0.2) is 48.5 Å². The molecular formula is C18H20N2O4S. The van der Waals surface area contributed by atoms with Crippen molar-refractivity contribution in [3.8, 4) is 5.75 Å². The maximum atomic E-state index is 12.5. The Morgan fingerprint density at radius 2 is 1.88 bits per heavy atom. The lowest BCUT2D eigenvalue weighted by Gasteiger charge is -2.33. The maximum Gasteiger partial charge on any atom is 0.267 e. The van der Waals surface area contributed by atoms with E-state index in [2.05, 4.69) is 12.2 Å². The molecule has 7 heteroatoms. The highest BCUT2D eigenvalue weighted by molar-refractivity contribution is 7.92. The second-order valence-corrected chi connectivity index (χ2v) is 7.81. The van der Waals surface area contributed by atoms with Crippen molar-refractivity contribution in [1.82, 2.24) is 0 Å². The highest BCUT2D eigenvalue weighted by Crippen LogP contribution is 2.34. The van der Waals surface area contributed by atoms with E-state index in [9.17, 15) is 13.2 Å². The SMILES string of the molecule is CCc1ccc(NC(=O)[C@H]2CN(S(C)(=O)=O)c3ccccc3O2)cc1. The number of para-hydroxylation sites is 2. The summed E-state index contributed by atoms with van der Waals surface area (Å²) < 4.78 is 31.1. The van der Waals surface area contributed by atoms with Crippen LogP contribution in [0.4, 0.5) is 11.4 Å². The number of carbonyl (C=O) groups is 1. The van der Waals surface area contributed by atoms with Crippen LogP contribution in [0.5, 0.6) is 5.75 Å². The van der Waals surface area contributed by atoms with E-state index in [-0.39, 0.29) is 12.5 Å². The van der Waals surface area contributed by atoms with Gasteiger partial charge in [0.25, 0.3) is 5.91 Å². The second kappa shape index (κ2) is 6.76. The van der Waals surface area contributed by atoms with Crippen LogP contribution in [0.2, 0.25) is 0 Å². The Kier molecular flexibility index (Phi) is 4.67. The predicted octanol–water partition coefficient (Wildman–Crippen LogP) is 2.41. The van der Waals surface area contributed by atoms with Gasteiger partial charge in [0.05, 0.1) is 18.5 Å². The molecule has 1 N–H and O–H groups in total. The standard InChI is InChI=1S/C18H20N2O4S/c1-3-13-8-10-14(11-9-13)19-18(21)17-12-20(25(2,22)23)15-6-4-5-7-16(15)24-17/h4-11,17H,3,12H2,1-2H3,(H,19,21)/t17-/m1/s1. The van der Waals surface area contributed by atoms with Crippen LogP contribution < -0.4 is 14.4 Å². The molecule has 1 aliphatic heterocycles. The zero-order chi connectivity index (χ0) is 18.0. The molecule has 6 nitrogen and oxygen atoms in total. The summed E-state index contributed by atoms with van der Waals surface area (Å²) >= 11 is 0. The van der Waals surface area contributed by atoms with E-state index in [1.807, 2.05) is 24.3 Å². The topological polar surface area (TPSA) is 75.7 Å². The Labute approximate surface area is 147 Å². The number of aryl methyl sites for hydroxylation is 1. The lowest BCUT2D eigenvalue weighted by Crippen LogP contribution is -2.48. The summed E-state index contributed by atoms with van der Waals surface area (Å²) in [6.45, 7) is 2.00. The molecule has 2 aromatic rings. The van der Waals surface area contributed by atoms with Crippen LogP contribution in [0.1, 0.15) is 12.5 Å². The minimum Gasteiger partial charge on any atom is -0.476 e. The van der Waals surface area contributed by atoms with E-state index in [0.29, 0.717) is 17.1 Å². The average molecular weight is 360 g/mol. The summed E-state index contributed by atoms with van der Waals surface area (Å²) in [6, 6.07) is 14.3. The fraction of sp³-hybridized carbons (Fsp3) is 0.278. The van der Waals surface area contributed by atoms with Gasteiger partial charge in [-0.3, -0.25) is 9.10 Å². The molecule has 0 saturated carbocycles. The molecule has 0 radical (unpaired) electrons. The number of carbonyl (C=O) groups excluding carboxylic acids is 1. The number of anilines is 2. The van der Waals surface area contributed by atoms with Gasteiger partial charge >= 0.3 is 0 Å². The van der Waals surface area contributed by atoms with Gasteiger partial charge in [-0.05, 0) is 36.2 Å². The highest BCUT2D eigenvalue weighted by Gasteiger charge is 2.34. The summed E-state index contributed by atoms with van der Waals surface area (Å²) in [6.07, 6.45) is 1.11. The van der Waals surface area contributed by atoms with E-state index in [0.717, 1.165) is 12.7 Å². The molecular weight excluding hydrogens is 340 g/mol. The maximum absolute atomic E-state index is 12.5. The summed E-state index contributed by atoms with van der Waals surface area (Å²) in [4.78, 5) is 12.5. The van der Waals surface area contributed by atoms with Crippen LogP contribution in [0, 0.1) is 0 Å². The number of benzene rings is 2.